The Bertz CT molecular complexity index is 359. The van der Waals surface area contributed by atoms with Crippen molar-refractivity contribution < 1.29 is 19.2 Å². The average Bonchev–Trinajstić information content (AvgIpc) is 2.68. The summed E-state index contributed by atoms with van der Waals surface area (Å²) >= 11 is 0. The first-order chi connectivity index (χ1) is 7.50. The smallest absolute Gasteiger partial charge is 0.326 e. The van der Waals surface area contributed by atoms with E-state index in [2.05, 4.69) is 15.0 Å². The fourth-order valence-electron chi connectivity index (χ4n) is 1.25. The van der Waals surface area contributed by atoms with Crippen LogP contribution in [0.3, 0.4) is 0 Å². The van der Waals surface area contributed by atoms with Gasteiger partial charge in [-0.1, -0.05) is 19.0 Å². The first-order valence-electron chi connectivity index (χ1n) is 4.93. The molecule has 2 N–H and O–H groups in total. The molecule has 1 atom stereocenters. The molecule has 88 valence electrons. The van der Waals surface area contributed by atoms with Crippen LogP contribution in [0.5, 0.6) is 0 Å². The molecule has 6 heteroatoms. The molecular formula is C10H14N2O4. The second-order valence-corrected chi connectivity index (χ2v) is 3.91. The standard InChI is InChI=1S/C10H14N2O4/c1-6(2)3-8(10(14)15)12-9(13)7-4-11-16-5-7/h4-6,8H,3H2,1-2H3,(H,12,13)(H,14,15)/t8-/m1/s1. The highest BCUT2D eigenvalue weighted by atomic mass is 16.5. The lowest BCUT2D eigenvalue weighted by Crippen LogP contribution is -2.41. The van der Waals surface area contributed by atoms with E-state index >= 15 is 0 Å². The number of hydrogen-bond acceptors (Lipinski definition) is 4. The second-order valence-electron chi connectivity index (χ2n) is 3.91. The summed E-state index contributed by atoms with van der Waals surface area (Å²) in [4.78, 5) is 22.4. The highest BCUT2D eigenvalue weighted by Gasteiger charge is 2.22. The summed E-state index contributed by atoms with van der Waals surface area (Å²) in [7, 11) is 0. The molecule has 0 aliphatic rings. The number of carbonyl (C=O) groups is 2. The minimum Gasteiger partial charge on any atom is -0.480 e. The molecule has 1 aromatic heterocycles. The van der Waals surface area contributed by atoms with Crippen molar-refractivity contribution in [1.82, 2.24) is 10.5 Å². The minimum absolute atomic E-state index is 0.184. The number of nitrogens with one attached hydrogen (secondary N) is 1. The van der Waals surface area contributed by atoms with E-state index in [1.165, 1.54) is 12.5 Å². The molecular weight excluding hydrogens is 212 g/mol. The quantitative estimate of drug-likeness (QED) is 0.778. The molecule has 0 bridgehead atoms. The number of aromatic nitrogens is 1. The number of carboxylic acids is 1. The Morgan fingerprint density at radius 2 is 2.25 bits per heavy atom. The third-order valence-corrected chi connectivity index (χ3v) is 2.01. The van der Waals surface area contributed by atoms with Gasteiger partial charge in [-0.25, -0.2) is 4.79 Å². The van der Waals surface area contributed by atoms with Crippen LogP contribution in [0.15, 0.2) is 17.0 Å². The van der Waals surface area contributed by atoms with Crippen molar-refractivity contribution in [3.63, 3.8) is 0 Å². The Hall–Kier alpha value is -1.85. The maximum atomic E-state index is 11.5. The number of nitrogens with zero attached hydrogens (tertiary/aromatic N) is 1. The molecule has 1 rings (SSSR count). The van der Waals surface area contributed by atoms with Crippen LogP contribution >= 0.6 is 0 Å². The van der Waals surface area contributed by atoms with Gasteiger partial charge < -0.3 is 14.9 Å². The van der Waals surface area contributed by atoms with Crippen molar-refractivity contribution in [2.24, 2.45) is 5.92 Å². The zero-order chi connectivity index (χ0) is 12.1. The van der Waals surface area contributed by atoms with Gasteiger partial charge in [-0.15, -0.1) is 0 Å². The molecule has 0 radical (unpaired) electrons. The summed E-state index contributed by atoms with van der Waals surface area (Å²) in [5.74, 6) is -1.35. The Labute approximate surface area is 92.6 Å². The van der Waals surface area contributed by atoms with E-state index < -0.39 is 17.9 Å². The van der Waals surface area contributed by atoms with Gasteiger partial charge in [0.2, 0.25) is 0 Å². The van der Waals surface area contributed by atoms with E-state index in [9.17, 15) is 9.59 Å². The predicted octanol–water partition coefficient (Wildman–Crippen LogP) is 0.904. The molecule has 6 nitrogen and oxygen atoms in total. The molecule has 0 unspecified atom stereocenters. The highest BCUT2D eigenvalue weighted by molar-refractivity contribution is 5.95. The first kappa shape index (κ1) is 12.2. The molecule has 1 aromatic rings. The molecule has 0 aliphatic heterocycles. The monoisotopic (exact) mass is 226 g/mol. The Morgan fingerprint density at radius 3 is 2.69 bits per heavy atom. The largest absolute Gasteiger partial charge is 0.480 e. The third kappa shape index (κ3) is 3.38. The average molecular weight is 226 g/mol. The van der Waals surface area contributed by atoms with Crippen molar-refractivity contribution in [2.75, 3.05) is 0 Å². The van der Waals surface area contributed by atoms with Gasteiger partial charge >= 0.3 is 5.97 Å². The maximum absolute atomic E-state index is 11.5. The molecule has 0 saturated carbocycles. The molecule has 1 heterocycles. The molecule has 0 aliphatic carbocycles. The zero-order valence-corrected chi connectivity index (χ0v) is 9.14. The van der Waals surface area contributed by atoms with Crippen LogP contribution in [0.4, 0.5) is 0 Å². The number of amides is 1. The predicted molar refractivity (Wildman–Crippen MR) is 54.8 cm³/mol. The molecule has 1 amide bonds. The number of rotatable bonds is 5. The topological polar surface area (TPSA) is 92.4 Å². The molecule has 16 heavy (non-hydrogen) atoms. The van der Waals surface area contributed by atoms with Crippen LogP contribution in [0, 0.1) is 5.92 Å². The van der Waals surface area contributed by atoms with Crippen molar-refractivity contribution in [2.45, 2.75) is 26.3 Å². The van der Waals surface area contributed by atoms with Gasteiger partial charge in [-0.2, -0.15) is 0 Å². The lowest BCUT2D eigenvalue weighted by molar-refractivity contribution is -0.139. The molecule has 0 aromatic carbocycles. The molecule has 0 fully saturated rings. The van der Waals surface area contributed by atoms with E-state index in [0.717, 1.165) is 0 Å². The number of aliphatic carboxylic acids is 1. The van der Waals surface area contributed by atoms with Crippen LogP contribution in [0.2, 0.25) is 0 Å². The van der Waals surface area contributed by atoms with Crippen LogP contribution in [0.25, 0.3) is 0 Å². The van der Waals surface area contributed by atoms with Crippen LogP contribution in [-0.4, -0.2) is 28.2 Å². The molecule has 0 spiro atoms. The summed E-state index contributed by atoms with van der Waals surface area (Å²) in [6, 6.07) is -0.887. The Balaban J connectivity index is 2.62. The Morgan fingerprint density at radius 1 is 1.56 bits per heavy atom. The van der Waals surface area contributed by atoms with Gasteiger partial charge in [0, 0.05) is 0 Å². The van der Waals surface area contributed by atoms with Gasteiger partial charge in [0.15, 0.2) is 0 Å². The zero-order valence-electron chi connectivity index (χ0n) is 9.14. The van der Waals surface area contributed by atoms with E-state index in [1.54, 1.807) is 0 Å². The lowest BCUT2D eigenvalue weighted by atomic mass is 10.0. The van der Waals surface area contributed by atoms with Crippen molar-refractivity contribution >= 4 is 11.9 Å². The van der Waals surface area contributed by atoms with Crippen LogP contribution in [-0.2, 0) is 4.79 Å². The first-order valence-corrected chi connectivity index (χ1v) is 4.93. The summed E-state index contributed by atoms with van der Waals surface area (Å²) in [5, 5.41) is 14.7. The lowest BCUT2D eigenvalue weighted by Gasteiger charge is -2.15. The maximum Gasteiger partial charge on any atom is 0.326 e. The van der Waals surface area contributed by atoms with E-state index in [4.69, 9.17) is 5.11 Å². The Kier molecular flexibility index (Phi) is 4.04. The fraction of sp³-hybridized carbons (Fsp3) is 0.500. The summed E-state index contributed by atoms with van der Waals surface area (Å²) in [6.07, 6.45) is 2.79. The number of hydrogen-bond donors (Lipinski definition) is 2. The van der Waals surface area contributed by atoms with Gasteiger partial charge in [0.05, 0.1) is 11.8 Å². The highest BCUT2D eigenvalue weighted by Crippen LogP contribution is 2.06. The number of carboxylic acid groups (broad SMARTS) is 1. The van der Waals surface area contributed by atoms with Gasteiger partial charge in [0.25, 0.3) is 5.91 Å². The van der Waals surface area contributed by atoms with Crippen LogP contribution in [0.1, 0.15) is 30.6 Å². The van der Waals surface area contributed by atoms with Gasteiger partial charge in [-0.3, -0.25) is 4.79 Å². The van der Waals surface area contributed by atoms with Gasteiger partial charge in [-0.05, 0) is 12.3 Å². The van der Waals surface area contributed by atoms with Crippen molar-refractivity contribution in [1.29, 1.82) is 0 Å². The van der Waals surface area contributed by atoms with Crippen LogP contribution < -0.4 is 5.32 Å². The number of carbonyl (C=O) groups excluding carboxylic acids is 1. The fourth-order valence-corrected chi connectivity index (χ4v) is 1.25. The van der Waals surface area contributed by atoms with E-state index in [0.29, 0.717) is 6.42 Å². The summed E-state index contributed by atoms with van der Waals surface area (Å²) in [5.41, 5.74) is 0.218. The second kappa shape index (κ2) is 5.29. The van der Waals surface area contributed by atoms with Crippen molar-refractivity contribution in [3.05, 3.63) is 18.0 Å². The summed E-state index contributed by atoms with van der Waals surface area (Å²) in [6.45, 7) is 3.78. The third-order valence-electron chi connectivity index (χ3n) is 2.01. The van der Waals surface area contributed by atoms with Crippen molar-refractivity contribution in [3.8, 4) is 0 Å². The van der Waals surface area contributed by atoms with E-state index in [1.807, 2.05) is 13.8 Å². The van der Waals surface area contributed by atoms with E-state index in [-0.39, 0.29) is 11.5 Å². The normalized spacial score (nSPS) is 12.4. The summed E-state index contributed by atoms with van der Waals surface area (Å²) < 4.78 is 4.50. The molecule has 0 saturated heterocycles. The van der Waals surface area contributed by atoms with Gasteiger partial charge in [0.1, 0.15) is 12.3 Å². The SMILES string of the molecule is CC(C)C[C@@H](NC(=O)c1cnoc1)C(=O)O. The minimum atomic E-state index is -1.04.